The van der Waals surface area contributed by atoms with Gasteiger partial charge in [-0.25, -0.2) is 4.68 Å². The highest BCUT2D eigenvalue weighted by Crippen LogP contribution is 2.41. The molecule has 0 aromatic carbocycles. The summed E-state index contributed by atoms with van der Waals surface area (Å²) in [7, 11) is 11.7. The maximum Gasteiger partial charge on any atom is 0.142 e. The molecule has 0 saturated carbocycles. The molecule has 27 heavy (non-hydrogen) atoms. The van der Waals surface area contributed by atoms with Crippen LogP contribution in [0.5, 0.6) is 0 Å². The number of aliphatic hydroxyl groups is 2. The lowest BCUT2D eigenvalue weighted by molar-refractivity contribution is -0.141. The van der Waals surface area contributed by atoms with Gasteiger partial charge in [-0.1, -0.05) is 5.21 Å². The van der Waals surface area contributed by atoms with E-state index in [1.54, 1.807) is 10.9 Å². The standard InChI is InChI=1S/C15H19B2N3O7/c16-12-8-10(22)14(26-12,5-24-8)3-20-1-7(18-19-20)2-23-11-9-13(17)27-15(11,4-21)6-25-9/h1,8-13,21-22H,2-6H2/t8?,9?,10?,11?,12-,13-,14+,15+/m1/s1. The van der Waals surface area contributed by atoms with Gasteiger partial charge in [0.1, 0.15) is 57.0 Å². The predicted molar refractivity (Wildman–Crippen MR) is 87.9 cm³/mol. The number of hydrogen-bond donors (Lipinski definition) is 2. The Morgan fingerprint density at radius 2 is 1.89 bits per heavy atom. The predicted octanol–water partition coefficient (Wildman–Crippen LogP) is -3.16. The largest absolute Gasteiger partial charge is 0.393 e. The molecule has 12 heteroatoms. The summed E-state index contributed by atoms with van der Waals surface area (Å²) in [5, 5.41) is 28.1. The second-order valence-electron chi connectivity index (χ2n) is 7.59. The molecule has 5 rings (SSSR count). The van der Waals surface area contributed by atoms with Crippen molar-refractivity contribution in [3.05, 3.63) is 11.9 Å². The first-order valence-corrected chi connectivity index (χ1v) is 8.86. The number of nitrogens with zero attached hydrogens (tertiary/aromatic N) is 3. The average molecular weight is 375 g/mol. The van der Waals surface area contributed by atoms with E-state index in [1.165, 1.54) is 0 Å². The van der Waals surface area contributed by atoms with Gasteiger partial charge in [0.05, 0.1) is 39.2 Å². The molecule has 1 aromatic rings. The van der Waals surface area contributed by atoms with Crippen LogP contribution in [-0.2, 0) is 36.8 Å². The molecule has 1 aromatic heterocycles. The molecule has 4 saturated heterocycles. The molecule has 4 radical (unpaired) electrons. The lowest BCUT2D eigenvalue weighted by atomic mass is 9.92. The highest BCUT2D eigenvalue weighted by atomic mass is 16.7. The molecular weight excluding hydrogens is 356 g/mol. The highest BCUT2D eigenvalue weighted by molar-refractivity contribution is 6.12. The van der Waals surface area contributed by atoms with Gasteiger partial charge >= 0.3 is 0 Å². The topological polar surface area (TPSA) is 117 Å². The van der Waals surface area contributed by atoms with Crippen LogP contribution in [0, 0.1) is 0 Å². The molecule has 0 amide bonds. The van der Waals surface area contributed by atoms with Crippen molar-refractivity contribution in [3.63, 3.8) is 0 Å². The molecule has 8 atom stereocenters. The Bertz CT molecular complexity index is 725. The third-order valence-electron chi connectivity index (χ3n) is 5.79. The molecule has 4 aliphatic rings. The Morgan fingerprint density at radius 1 is 1.19 bits per heavy atom. The summed E-state index contributed by atoms with van der Waals surface area (Å²) in [5.74, 6) is 0. The van der Waals surface area contributed by atoms with E-state index in [-0.39, 0.29) is 33.0 Å². The van der Waals surface area contributed by atoms with Gasteiger partial charge in [-0.3, -0.25) is 0 Å². The van der Waals surface area contributed by atoms with E-state index in [1.807, 2.05) is 0 Å². The van der Waals surface area contributed by atoms with E-state index < -0.39 is 47.6 Å². The van der Waals surface area contributed by atoms with Crippen LogP contribution in [0.4, 0.5) is 0 Å². The van der Waals surface area contributed by atoms with Crippen LogP contribution in [0.2, 0.25) is 0 Å². The minimum atomic E-state index is -0.937. The van der Waals surface area contributed by atoms with E-state index in [4.69, 9.17) is 39.4 Å². The minimum absolute atomic E-state index is 0.150. The fourth-order valence-electron chi connectivity index (χ4n) is 4.37. The molecule has 0 spiro atoms. The maximum atomic E-state index is 10.3. The van der Waals surface area contributed by atoms with Crippen molar-refractivity contribution < 1.29 is 33.9 Å². The zero-order valence-electron chi connectivity index (χ0n) is 14.5. The van der Waals surface area contributed by atoms with Crippen molar-refractivity contribution in [1.82, 2.24) is 15.0 Å². The lowest BCUT2D eigenvalue weighted by Crippen LogP contribution is -2.45. The number of hydrogen-bond acceptors (Lipinski definition) is 9. The van der Waals surface area contributed by atoms with Crippen molar-refractivity contribution in [2.24, 2.45) is 0 Å². The number of rotatable bonds is 6. The van der Waals surface area contributed by atoms with Crippen LogP contribution in [0.1, 0.15) is 5.69 Å². The Kier molecular flexibility index (Phi) is 4.17. The number of ether oxygens (including phenoxy) is 5. The van der Waals surface area contributed by atoms with Crippen molar-refractivity contribution in [2.75, 3.05) is 19.8 Å². The van der Waals surface area contributed by atoms with Gasteiger partial charge in [0.15, 0.2) is 0 Å². The van der Waals surface area contributed by atoms with Crippen molar-refractivity contribution >= 4 is 15.7 Å². The zero-order valence-corrected chi connectivity index (χ0v) is 14.5. The minimum Gasteiger partial charge on any atom is -0.393 e. The molecular formula is C15H19B2N3O7. The molecule has 2 N–H and O–H groups in total. The summed E-state index contributed by atoms with van der Waals surface area (Å²) < 4.78 is 29.8. The van der Waals surface area contributed by atoms with E-state index in [0.29, 0.717) is 5.69 Å². The first-order valence-electron chi connectivity index (χ1n) is 8.86. The molecule has 4 unspecified atom stereocenters. The van der Waals surface area contributed by atoms with Gasteiger partial charge in [0.25, 0.3) is 0 Å². The zero-order chi connectivity index (χ0) is 18.8. The van der Waals surface area contributed by atoms with E-state index in [0.717, 1.165) is 0 Å². The molecule has 4 fully saturated rings. The van der Waals surface area contributed by atoms with Crippen LogP contribution in [0.3, 0.4) is 0 Å². The van der Waals surface area contributed by atoms with Crippen LogP contribution < -0.4 is 0 Å². The highest BCUT2D eigenvalue weighted by Gasteiger charge is 2.61. The van der Waals surface area contributed by atoms with Gasteiger partial charge in [0, 0.05) is 12.0 Å². The molecule has 4 bridgehead atoms. The molecule has 5 heterocycles. The quantitative estimate of drug-likeness (QED) is 0.497. The summed E-state index contributed by atoms with van der Waals surface area (Å²) in [6.07, 6.45) is -0.546. The van der Waals surface area contributed by atoms with Crippen molar-refractivity contribution in [1.29, 1.82) is 0 Å². The third kappa shape index (κ3) is 2.62. The summed E-state index contributed by atoms with van der Waals surface area (Å²) in [4.78, 5) is 0. The molecule has 4 aliphatic heterocycles. The summed E-state index contributed by atoms with van der Waals surface area (Å²) >= 11 is 0. The molecule has 10 nitrogen and oxygen atoms in total. The SMILES string of the molecule is [B][C@@H]1O[C@@]2(Cn3cc(COC4C5OC[C@]4(CO)O[C@H]5[B])nn3)COC1C2O. The normalized spacial score (nSPS) is 47.9. The van der Waals surface area contributed by atoms with Gasteiger partial charge in [-0.15, -0.1) is 5.10 Å². The van der Waals surface area contributed by atoms with E-state index >= 15 is 0 Å². The average Bonchev–Trinajstić information content (AvgIpc) is 3.40. The Balaban J connectivity index is 1.23. The lowest BCUT2D eigenvalue weighted by Gasteiger charge is -2.29. The smallest absolute Gasteiger partial charge is 0.142 e. The molecule has 142 valence electrons. The summed E-state index contributed by atoms with van der Waals surface area (Å²) in [5.41, 5.74) is -1.28. The van der Waals surface area contributed by atoms with Gasteiger partial charge < -0.3 is 33.9 Å². The summed E-state index contributed by atoms with van der Waals surface area (Å²) in [6, 6.07) is -1.29. The van der Waals surface area contributed by atoms with Crippen LogP contribution in [0.25, 0.3) is 0 Å². The first kappa shape index (κ1) is 18.0. The number of fused-ring (bicyclic) bond motifs is 4. The Morgan fingerprint density at radius 3 is 2.56 bits per heavy atom. The number of aromatic nitrogens is 3. The fourth-order valence-corrected chi connectivity index (χ4v) is 4.37. The molecule has 0 aliphatic carbocycles. The van der Waals surface area contributed by atoms with Gasteiger partial charge in [-0.05, 0) is 0 Å². The van der Waals surface area contributed by atoms with Gasteiger partial charge in [0.2, 0.25) is 0 Å². The second kappa shape index (κ2) is 6.24. The van der Waals surface area contributed by atoms with Crippen molar-refractivity contribution in [2.45, 2.75) is 60.8 Å². The van der Waals surface area contributed by atoms with Crippen molar-refractivity contribution in [3.8, 4) is 0 Å². The monoisotopic (exact) mass is 375 g/mol. The van der Waals surface area contributed by atoms with Crippen LogP contribution in [-0.4, -0.2) is 108 Å². The van der Waals surface area contributed by atoms with Gasteiger partial charge in [-0.2, -0.15) is 0 Å². The van der Waals surface area contributed by atoms with E-state index in [2.05, 4.69) is 10.3 Å². The Hall–Kier alpha value is -1.01. The third-order valence-corrected chi connectivity index (χ3v) is 5.79. The first-order chi connectivity index (χ1) is 13.0. The fraction of sp³-hybridized carbons (Fsp3) is 0.867. The second-order valence-corrected chi connectivity index (χ2v) is 7.59. The van der Waals surface area contributed by atoms with Crippen LogP contribution >= 0.6 is 0 Å². The summed E-state index contributed by atoms with van der Waals surface area (Å²) in [6.45, 7) is 0.645. The maximum absolute atomic E-state index is 10.3. The number of aliphatic hydroxyl groups excluding tert-OH is 2. The van der Waals surface area contributed by atoms with Crippen LogP contribution in [0.15, 0.2) is 6.20 Å². The van der Waals surface area contributed by atoms with E-state index in [9.17, 15) is 10.2 Å². The Labute approximate surface area is 157 Å².